The number of likely N-dealkylation sites (tertiary alicyclic amines) is 1. The molecule has 2 N–H and O–H groups in total. The van der Waals surface area contributed by atoms with Crippen LogP contribution in [-0.2, 0) is 0 Å². The zero-order valence-corrected chi connectivity index (χ0v) is 7.68. The number of hydrogen-bond acceptors (Lipinski definition) is 2. The van der Waals surface area contributed by atoms with Crippen molar-refractivity contribution in [3.05, 3.63) is 0 Å². The van der Waals surface area contributed by atoms with E-state index in [1.54, 1.807) is 0 Å². The van der Waals surface area contributed by atoms with Crippen LogP contribution >= 0.6 is 0 Å². The standard InChI is InChI=1S/C9H16F2N2/c10-9(11,5-12)6-13-4-7-1-2-8(13)3-7/h7-8H,1-6,12H2. The molecule has 0 spiro atoms. The zero-order valence-electron chi connectivity index (χ0n) is 7.68. The van der Waals surface area contributed by atoms with E-state index in [2.05, 4.69) is 0 Å². The second-order valence-electron chi connectivity index (χ2n) is 4.32. The largest absolute Gasteiger partial charge is 0.325 e. The Morgan fingerprint density at radius 1 is 1.38 bits per heavy atom. The van der Waals surface area contributed by atoms with Crippen LogP contribution in [0.4, 0.5) is 8.78 Å². The molecule has 2 aliphatic rings. The van der Waals surface area contributed by atoms with Gasteiger partial charge in [-0.05, 0) is 25.2 Å². The second-order valence-corrected chi connectivity index (χ2v) is 4.32. The number of nitrogens with zero attached hydrogens (tertiary/aromatic N) is 1. The highest BCUT2D eigenvalue weighted by Gasteiger charge is 2.42. The first-order valence-corrected chi connectivity index (χ1v) is 4.93. The molecule has 1 heterocycles. The minimum absolute atomic E-state index is 0.134. The van der Waals surface area contributed by atoms with Crippen LogP contribution in [-0.4, -0.2) is 36.5 Å². The maximum absolute atomic E-state index is 13.0. The van der Waals surface area contributed by atoms with Crippen molar-refractivity contribution >= 4 is 0 Å². The molecule has 0 aromatic heterocycles. The van der Waals surface area contributed by atoms with Gasteiger partial charge < -0.3 is 5.73 Å². The molecule has 0 radical (unpaired) electrons. The van der Waals surface area contributed by atoms with Crippen molar-refractivity contribution < 1.29 is 8.78 Å². The Bertz CT molecular complexity index is 196. The van der Waals surface area contributed by atoms with Crippen molar-refractivity contribution in [1.29, 1.82) is 0 Å². The molecule has 2 nitrogen and oxygen atoms in total. The molecule has 0 aromatic carbocycles. The molecule has 1 saturated carbocycles. The van der Waals surface area contributed by atoms with Crippen LogP contribution in [0.15, 0.2) is 0 Å². The van der Waals surface area contributed by atoms with Crippen LogP contribution in [0.2, 0.25) is 0 Å². The molecular weight excluding hydrogens is 174 g/mol. The summed E-state index contributed by atoms with van der Waals surface area (Å²) in [6.45, 7) is 0.200. The van der Waals surface area contributed by atoms with E-state index in [0.29, 0.717) is 12.0 Å². The van der Waals surface area contributed by atoms with Crippen LogP contribution in [0.25, 0.3) is 0 Å². The van der Waals surface area contributed by atoms with Gasteiger partial charge in [0, 0.05) is 12.6 Å². The van der Waals surface area contributed by atoms with Gasteiger partial charge in [-0.25, -0.2) is 8.78 Å². The van der Waals surface area contributed by atoms with Gasteiger partial charge in [0.1, 0.15) is 0 Å². The number of halogens is 2. The molecule has 0 aromatic rings. The predicted molar refractivity (Wildman–Crippen MR) is 46.7 cm³/mol. The van der Waals surface area contributed by atoms with Gasteiger partial charge >= 0.3 is 0 Å². The number of alkyl halides is 2. The van der Waals surface area contributed by atoms with Crippen molar-refractivity contribution in [2.24, 2.45) is 11.7 Å². The highest BCUT2D eigenvalue weighted by molar-refractivity contribution is 4.93. The summed E-state index contributed by atoms with van der Waals surface area (Å²) in [5, 5.41) is 0. The first kappa shape index (κ1) is 9.34. The molecule has 1 saturated heterocycles. The highest BCUT2D eigenvalue weighted by atomic mass is 19.3. The minimum atomic E-state index is -2.69. The quantitative estimate of drug-likeness (QED) is 0.721. The Morgan fingerprint density at radius 3 is 2.62 bits per heavy atom. The molecule has 76 valence electrons. The summed E-state index contributed by atoms with van der Waals surface area (Å²) in [6, 6.07) is 0.419. The van der Waals surface area contributed by atoms with E-state index in [9.17, 15) is 8.78 Å². The van der Waals surface area contributed by atoms with E-state index in [0.717, 1.165) is 19.4 Å². The van der Waals surface area contributed by atoms with Gasteiger partial charge in [0.25, 0.3) is 5.92 Å². The van der Waals surface area contributed by atoms with Crippen LogP contribution in [0.3, 0.4) is 0 Å². The summed E-state index contributed by atoms with van der Waals surface area (Å²) < 4.78 is 25.9. The number of hydrogen-bond donors (Lipinski definition) is 1. The maximum atomic E-state index is 13.0. The average molecular weight is 190 g/mol. The lowest BCUT2D eigenvalue weighted by atomic mass is 10.1. The van der Waals surface area contributed by atoms with Gasteiger partial charge in [-0.3, -0.25) is 4.90 Å². The average Bonchev–Trinajstić information content (AvgIpc) is 2.64. The SMILES string of the molecule is NCC(F)(F)CN1CC2CCC1C2. The Balaban J connectivity index is 1.89. The Hall–Kier alpha value is -0.220. The summed E-state index contributed by atoms with van der Waals surface area (Å²) in [7, 11) is 0. The third kappa shape index (κ3) is 1.83. The van der Waals surface area contributed by atoms with E-state index >= 15 is 0 Å². The highest BCUT2D eigenvalue weighted by Crippen LogP contribution is 2.38. The van der Waals surface area contributed by atoms with Crippen LogP contribution in [0.5, 0.6) is 0 Å². The first-order valence-electron chi connectivity index (χ1n) is 4.93. The van der Waals surface area contributed by atoms with Crippen molar-refractivity contribution in [2.45, 2.75) is 31.2 Å². The minimum Gasteiger partial charge on any atom is -0.325 e. The topological polar surface area (TPSA) is 29.3 Å². The molecule has 2 bridgehead atoms. The molecular formula is C9H16F2N2. The molecule has 1 aliphatic heterocycles. The normalized spacial score (nSPS) is 34.4. The number of piperidine rings is 1. The van der Waals surface area contributed by atoms with E-state index < -0.39 is 12.5 Å². The van der Waals surface area contributed by atoms with Gasteiger partial charge in [0.2, 0.25) is 0 Å². The fourth-order valence-corrected chi connectivity index (χ4v) is 2.58. The lowest BCUT2D eigenvalue weighted by Gasteiger charge is -2.29. The van der Waals surface area contributed by atoms with Gasteiger partial charge in [0.05, 0.1) is 13.1 Å². The van der Waals surface area contributed by atoms with E-state index in [1.165, 1.54) is 6.42 Å². The van der Waals surface area contributed by atoms with E-state index in [-0.39, 0.29) is 6.54 Å². The number of fused-ring (bicyclic) bond motifs is 2. The summed E-state index contributed by atoms with van der Waals surface area (Å²) in [5.74, 6) is -2.01. The Morgan fingerprint density at radius 2 is 2.15 bits per heavy atom. The predicted octanol–water partition coefficient (Wildman–Crippen LogP) is 1.06. The summed E-state index contributed by atoms with van der Waals surface area (Å²) >= 11 is 0. The van der Waals surface area contributed by atoms with Gasteiger partial charge in [-0.2, -0.15) is 0 Å². The van der Waals surface area contributed by atoms with Crippen LogP contribution < -0.4 is 5.73 Å². The van der Waals surface area contributed by atoms with E-state index in [1.807, 2.05) is 4.90 Å². The number of rotatable bonds is 3. The maximum Gasteiger partial charge on any atom is 0.272 e. The molecule has 2 fully saturated rings. The zero-order chi connectivity index (χ0) is 9.47. The van der Waals surface area contributed by atoms with Crippen molar-refractivity contribution in [3.63, 3.8) is 0 Å². The summed E-state index contributed by atoms with van der Waals surface area (Å²) in [6.07, 6.45) is 3.46. The number of nitrogens with two attached hydrogens (primary N) is 1. The van der Waals surface area contributed by atoms with Crippen LogP contribution in [0.1, 0.15) is 19.3 Å². The molecule has 2 rings (SSSR count). The van der Waals surface area contributed by atoms with Gasteiger partial charge in [-0.15, -0.1) is 0 Å². The third-order valence-electron chi connectivity index (χ3n) is 3.26. The Kier molecular flexibility index (Phi) is 2.28. The molecule has 13 heavy (non-hydrogen) atoms. The second kappa shape index (κ2) is 3.17. The van der Waals surface area contributed by atoms with Crippen molar-refractivity contribution in [2.75, 3.05) is 19.6 Å². The third-order valence-corrected chi connectivity index (χ3v) is 3.26. The molecule has 2 atom stereocenters. The first-order chi connectivity index (χ1) is 6.11. The fourth-order valence-electron chi connectivity index (χ4n) is 2.58. The van der Waals surface area contributed by atoms with Crippen molar-refractivity contribution in [1.82, 2.24) is 4.90 Å². The molecule has 0 amide bonds. The molecule has 4 heteroatoms. The molecule has 2 unspecified atom stereocenters. The summed E-state index contributed by atoms with van der Waals surface area (Å²) in [4.78, 5) is 1.92. The monoisotopic (exact) mass is 190 g/mol. The molecule has 1 aliphatic carbocycles. The van der Waals surface area contributed by atoms with Crippen LogP contribution in [0, 0.1) is 5.92 Å². The lowest BCUT2D eigenvalue weighted by molar-refractivity contribution is -0.0305. The smallest absolute Gasteiger partial charge is 0.272 e. The van der Waals surface area contributed by atoms with Gasteiger partial charge in [-0.1, -0.05) is 0 Å². The van der Waals surface area contributed by atoms with Crippen molar-refractivity contribution in [3.8, 4) is 0 Å². The van der Waals surface area contributed by atoms with Gasteiger partial charge in [0.15, 0.2) is 0 Å². The van der Waals surface area contributed by atoms with E-state index in [4.69, 9.17) is 5.73 Å². The fraction of sp³-hybridized carbons (Fsp3) is 1.00. The Labute approximate surface area is 77.1 Å². The summed E-state index contributed by atoms with van der Waals surface area (Å²) in [5.41, 5.74) is 5.01. The lowest BCUT2D eigenvalue weighted by Crippen LogP contribution is -2.44.